The minimum atomic E-state index is 0.0469. The highest BCUT2D eigenvalue weighted by atomic mass is 16.1. The van der Waals surface area contributed by atoms with Crippen molar-refractivity contribution < 1.29 is 4.79 Å². The van der Waals surface area contributed by atoms with Crippen LogP contribution in [-0.4, -0.2) is 11.6 Å². The van der Waals surface area contributed by atoms with Crippen molar-refractivity contribution in [3.05, 3.63) is 71.3 Å². The standard InChI is InChI=1S/C22H26N2O/c23-21-9-5-4-8-20(21)14-17-10-12-18(13-11-17)15-22(25)24-16-19-6-2-1-3-7-19/h1-3,6-7,10-13,20,23H,4-5,8-9,14-16H2,(H,24,25). The average molecular weight is 334 g/mol. The number of carbonyl (C=O) groups excluding carboxylic acids is 1. The van der Waals surface area contributed by atoms with Crippen molar-refractivity contribution in [1.29, 1.82) is 5.41 Å². The summed E-state index contributed by atoms with van der Waals surface area (Å²) < 4.78 is 0. The van der Waals surface area contributed by atoms with Gasteiger partial charge in [-0.2, -0.15) is 0 Å². The summed E-state index contributed by atoms with van der Waals surface area (Å²) in [6, 6.07) is 18.3. The van der Waals surface area contributed by atoms with Crippen molar-refractivity contribution >= 4 is 11.6 Å². The van der Waals surface area contributed by atoms with Crippen molar-refractivity contribution in [3.63, 3.8) is 0 Å². The second-order valence-electron chi connectivity index (χ2n) is 6.93. The lowest BCUT2D eigenvalue weighted by Gasteiger charge is -2.23. The van der Waals surface area contributed by atoms with Crippen LogP contribution in [0, 0.1) is 11.3 Å². The Kier molecular flexibility index (Phi) is 5.99. The van der Waals surface area contributed by atoms with Gasteiger partial charge in [0.2, 0.25) is 5.91 Å². The van der Waals surface area contributed by atoms with Gasteiger partial charge >= 0.3 is 0 Å². The summed E-state index contributed by atoms with van der Waals surface area (Å²) in [5.41, 5.74) is 4.33. The molecule has 0 saturated heterocycles. The normalized spacial score (nSPS) is 17.3. The molecule has 1 atom stereocenters. The maximum Gasteiger partial charge on any atom is 0.224 e. The molecule has 1 amide bonds. The van der Waals surface area contributed by atoms with Crippen molar-refractivity contribution in [2.45, 2.75) is 45.1 Å². The van der Waals surface area contributed by atoms with Crippen molar-refractivity contribution in [2.24, 2.45) is 5.92 Å². The molecule has 2 aromatic carbocycles. The van der Waals surface area contributed by atoms with E-state index in [-0.39, 0.29) is 5.91 Å². The molecule has 25 heavy (non-hydrogen) atoms. The first-order valence-corrected chi connectivity index (χ1v) is 9.16. The third kappa shape index (κ3) is 5.28. The molecule has 1 aliphatic rings. The fourth-order valence-electron chi connectivity index (χ4n) is 3.43. The SMILES string of the molecule is N=C1CCCCC1Cc1ccc(CC(=O)NCc2ccccc2)cc1. The Hall–Kier alpha value is -2.42. The van der Waals surface area contributed by atoms with Crippen LogP contribution in [0.2, 0.25) is 0 Å². The number of rotatable bonds is 6. The Morgan fingerprint density at radius 1 is 0.960 bits per heavy atom. The zero-order valence-electron chi connectivity index (χ0n) is 14.6. The molecule has 2 aromatic rings. The zero-order chi connectivity index (χ0) is 17.5. The second-order valence-corrected chi connectivity index (χ2v) is 6.93. The molecule has 0 radical (unpaired) electrons. The Morgan fingerprint density at radius 2 is 1.68 bits per heavy atom. The van der Waals surface area contributed by atoms with Crippen LogP contribution in [-0.2, 0) is 24.2 Å². The van der Waals surface area contributed by atoms with Crippen LogP contribution >= 0.6 is 0 Å². The molecular formula is C22H26N2O. The van der Waals surface area contributed by atoms with Crippen molar-refractivity contribution in [3.8, 4) is 0 Å². The molecule has 0 aliphatic heterocycles. The fraction of sp³-hybridized carbons (Fsp3) is 0.364. The Bertz CT molecular complexity index is 707. The number of amides is 1. The van der Waals surface area contributed by atoms with Gasteiger partial charge in [-0.3, -0.25) is 4.79 Å². The van der Waals surface area contributed by atoms with Gasteiger partial charge in [0, 0.05) is 18.2 Å². The first kappa shape index (κ1) is 17.4. The number of hydrogen-bond acceptors (Lipinski definition) is 2. The smallest absolute Gasteiger partial charge is 0.224 e. The van der Waals surface area contributed by atoms with Crippen molar-refractivity contribution in [2.75, 3.05) is 0 Å². The van der Waals surface area contributed by atoms with Gasteiger partial charge in [-0.25, -0.2) is 0 Å². The molecule has 0 spiro atoms. The molecule has 0 bridgehead atoms. The van der Waals surface area contributed by atoms with E-state index in [0.29, 0.717) is 18.9 Å². The monoisotopic (exact) mass is 334 g/mol. The Morgan fingerprint density at radius 3 is 2.40 bits per heavy atom. The van der Waals surface area contributed by atoms with Crippen LogP contribution in [0.25, 0.3) is 0 Å². The number of benzene rings is 2. The molecule has 2 N–H and O–H groups in total. The quantitative estimate of drug-likeness (QED) is 0.813. The maximum absolute atomic E-state index is 12.1. The summed E-state index contributed by atoms with van der Waals surface area (Å²) >= 11 is 0. The van der Waals surface area contributed by atoms with E-state index in [1.54, 1.807) is 0 Å². The summed E-state index contributed by atoms with van der Waals surface area (Å²) in [5.74, 6) is 0.458. The highest BCUT2D eigenvalue weighted by Crippen LogP contribution is 2.24. The molecule has 0 aromatic heterocycles. The molecule has 1 fully saturated rings. The zero-order valence-corrected chi connectivity index (χ0v) is 14.6. The average Bonchev–Trinajstić information content (AvgIpc) is 2.64. The molecule has 1 aliphatic carbocycles. The highest BCUT2D eigenvalue weighted by Gasteiger charge is 2.19. The van der Waals surface area contributed by atoms with E-state index in [2.05, 4.69) is 17.4 Å². The van der Waals surface area contributed by atoms with E-state index in [1.165, 1.54) is 18.4 Å². The van der Waals surface area contributed by atoms with E-state index in [9.17, 15) is 4.79 Å². The van der Waals surface area contributed by atoms with Crippen LogP contribution in [0.5, 0.6) is 0 Å². The molecule has 3 heteroatoms. The summed E-state index contributed by atoms with van der Waals surface area (Å²) in [5, 5.41) is 11.1. The molecular weight excluding hydrogens is 308 g/mol. The summed E-state index contributed by atoms with van der Waals surface area (Å²) in [7, 11) is 0. The second kappa shape index (κ2) is 8.61. The van der Waals surface area contributed by atoms with Crippen LogP contribution in [0.1, 0.15) is 42.4 Å². The van der Waals surface area contributed by atoms with Gasteiger partial charge in [0.1, 0.15) is 0 Å². The van der Waals surface area contributed by atoms with Gasteiger partial charge in [0.25, 0.3) is 0 Å². The maximum atomic E-state index is 12.1. The van der Waals surface area contributed by atoms with E-state index in [4.69, 9.17) is 5.41 Å². The van der Waals surface area contributed by atoms with E-state index < -0.39 is 0 Å². The first-order valence-electron chi connectivity index (χ1n) is 9.16. The largest absolute Gasteiger partial charge is 0.352 e. The topological polar surface area (TPSA) is 53.0 Å². The van der Waals surface area contributed by atoms with E-state index in [0.717, 1.165) is 36.1 Å². The molecule has 130 valence electrons. The number of carbonyl (C=O) groups is 1. The third-order valence-corrected chi connectivity index (χ3v) is 4.94. The van der Waals surface area contributed by atoms with Crippen LogP contribution in [0.3, 0.4) is 0 Å². The Labute approximate surface area is 150 Å². The summed E-state index contributed by atoms with van der Waals surface area (Å²) in [4.78, 5) is 12.1. The molecule has 3 rings (SSSR count). The van der Waals surface area contributed by atoms with Gasteiger partial charge in [-0.15, -0.1) is 0 Å². The lowest BCUT2D eigenvalue weighted by molar-refractivity contribution is -0.120. The van der Waals surface area contributed by atoms with Crippen LogP contribution in [0.15, 0.2) is 54.6 Å². The lowest BCUT2D eigenvalue weighted by Crippen LogP contribution is -2.24. The summed E-state index contributed by atoms with van der Waals surface area (Å²) in [6.07, 6.45) is 5.89. The van der Waals surface area contributed by atoms with Crippen LogP contribution < -0.4 is 5.32 Å². The predicted molar refractivity (Wildman–Crippen MR) is 102 cm³/mol. The molecule has 0 heterocycles. The van der Waals surface area contributed by atoms with E-state index in [1.807, 2.05) is 42.5 Å². The van der Waals surface area contributed by atoms with Gasteiger partial charge in [-0.1, -0.05) is 61.0 Å². The Balaban J connectivity index is 1.48. The lowest BCUT2D eigenvalue weighted by atomic mass is 9.83. The molecule has 3 nitrogen and oxygen atoms in total. The fourth-order valence-corrected chi connectivity index (χ4v) is 3.43. The van der Waals surface area contributed by atoms with E-state index >= 15 is 0 Å². The highest BCUT2D eigenvalue weighted by molar-refractivity contribution is 5.84. The third-order valence-electron chi connectivity index (χ3n) is 4.94. The van der Waals surface area contributed by atoms with Gasteiger partial charge < -0.3 is 10.7 Å². The molecule has 1 saturated carbocycles. The predicted octanol–water partition coefficient (Wildman–Crippen LogP) is 4.30. The van der Waals surface area contributed by atoms with Gasteiger partial charge in [-0.05, 0) is 42.4 Å². The minimum Gasteiger partial charge on any atom is -0.352 e. The number of nitrogens with one attached hydrogen (secondary N) is 2. The van der Waals surface area contributed by atoms with Crippen LogP contribution in [0.4, 0.5) is 0 Å². The van der Waals surface area contributed by atoms with Gasteiger partial charge in [0.15, 0.2) is 0 Å². The molecule has 1 unspecified atom stereocenters. The number of hydrogen-bond donors (Lipinski definition) is 2. The van der Waals surface area contributed by atoms with Gasteiger partial charge in [0.05, 0.1) is 6.42 Å². The van der Waals surface area contributed by atoms with Crippen molar-refractivity contribution in [1.82, 2.24) is 5.32 Å². The minimum absolute atomic E-state index is 0.0469. The summed E-state index contributed by atoms with van der Waals surface area (Å²) in [6.45, 7) is 0.571. The first-order chi connectivity index (χ1) is 12.2.